The van der Waals surface area contributed by atoms with E-state index < -0.39 is 22.4 Å². The van der Waals surface area contributed by atoms with Crippen LogP contribution < -0.4 is 0 Å². The molecule has 4 nitrogen and oxygen atoms in total. The molecule has 0 amide bonds. The maximum atomic E-state index is 12.5. The molecule has 0 unspecified atom stereocenters. The van der Waals surface area contributed by atoms with Crippen molar-refractivity contribution in [1.29, 1.82) is 0 Å². The molecule has 1 aromatic rings. The van der Waals surface area contributed by atoms with Crippen molar-refractivity contribution in [1.82, 2.24) is 0 Å². The number of hydrogen-bond acceptors (Lipinski definition) is 4. The number of benzene rings is 1. The molecule has 0 spiro atoms. The van der Waals surface area contributed by atoms with E-state index in [1.807, 2.05) is 0 Å². The molecule has 0 aliphatic rings. The van der Waals surface area contributed by atoms with Crippen LogP contribution in [0, 0.1) is 10.1 Å². The van der Waals surface area contributed by atoms with Gasteiger partial charge in [0, 0.05) is 16.7 Å². The molecular weight excluding hydrogens is 259 g/mol. The molecule has 94 valence electrons. The Balaban J connectivity index is 3.15. The summed E-state index contributed by atoms with van der Waals surface area (Å²) in [6, 6.07) is 2.77. The first-order chi connectivity index (χ1) is 7.86. The van der Waals surface area contributed by atoms with Gasteiger partial charge in [0.1, 0.15) is 5.56 Å². The van der Waals surface area contributed by atoms with Gasteiger partial charge >= 0.3 is 6.18 Å². The lowest BCUT2D eigenvalue weighted by atomic mass is 10.2. The first-order valence-electron chi connectivity index (χ1n) is 4.45. The van der Waals surface area contributed by atoms with E-state index in [9.17, 15) is 23.3 Å². The second kappa shape index (κ2) is 5.37. The Morgan fingerprint density at radius 3 is 2.53 bits per heavy atom. The van der Waals surface area contributed by atoms with Crippen molar-refractivity contribution < 1.29 is 23.2 Å². The highest BCUT2D eigenvalue weighted by Gasteiger charge is 2.38. The number of aliphatic hydroxyl groups is 1. The third-order valence-electron chi connectivity index (χ3n) is 1.83. The fourth-order valence-electron chi connectivity index (χ4n) is 1.15. The van der Waals surface area contributed by atoms with Gasteiger partial charge in [0.25, 0.3) is 5.69 Å². The van der Waals surface area contributed by atoms with E-state index in [1.54, 1.807) is 0 Å². The summed E-state index contributed by atoms with van der Waals surface area (Å²) in [5.41, 5.74) is -2.24. The standard InChI is InChI=1S/C9H8F3NO3S/c10-9(11,12)7-5-6(17-4-3-14)1-2-8(7)13(15)16/h1-2,5,14H,3-4H2. The van der Waals surface area contributed by atoms with Crippen molar-refractivity contribution in [2.45, 2.75) is 11.1 Å². The van der Waals surface area contributed by atoms with Crippen LogP contribution in [-0.4, -0.2) is 22.4 Å². The maximum absolute atomic E-state index is 12.5. The third kappa shape index (κ3) is 3.60. The van der Waals surface area contributed by atoms with Crippen molar-refractivity contribution in [2.24, 2.45) is 0 Å². The van der Waals surface area contributed by atoms with E-state index in [0.29, 0.717) is 0 Å². The molecule has 17 heavy (non-hydrogen) atoms. The van der Waals surface area contributed by atoms with Gasteiger partial charge in [0.05, 0.1) is 11.5 Å². The lowest BCUT2D eigenvalue weighted by Crippen LogP contribution is -2.09. The van der Waals surface area contributed by atoms with E-state index in [2.05, 4.69) is 0 Å². The van der Waals surface area contributed by atoms with Gasteiger partial charge in [-0.15, -0.1) is 11.8 Å². The highest BCUT2D eigenvalue weighted by molar-refractivity contribution is 7.99. The van der Waals surface area contributed by atoms with Crippen LogP contribution in [0.25, 0.3) is 0 Å². The molecule has 0 aliphatic carbocycles. The summed E-state index contributed by atoms with van der Waals surface area (Å²) in [6.45, 7) is -0.178. The molecule has 8 heteroatoms. The van der Waals surface area contributed by atoms with Crippen molar-refractivity contribution in [2.75, 3.05) is 12.4 Å². The fraction of sp³-hybridized carbons (Fsp3) is 0.333. The van der Waals surface area contributed by atoms with Crippen LogP contribution in [0.3, 0.4) is 0 Å². The highest BCUT2D eigenvalue weighted by Crippen LogP contribution is 2.38. The summed E-state index contributed by atoms with van der Waals surface area (Å²) < 4.78 is 37.6. The van der Waals surface area contributed by atoms with Gasteiger partial charge in [-0.25, -0.2) is 0 Å². The van der Waals surface area contributed by atoms with Crippen molar-refractivity contribution in [3.8, 4) is 0 Å². The number of rotatable bonds is 4. The molecule has 1 rings (SSSR count). The Morgan fingerprint density at radius 2 is 2.06 bits per heavy atom. The zero-order chi connectivity index (χ0) is 13.1. The van der Waals surface area contributed by atoms with Gasteiger partial charge in [-0.1, -0.05) is 0 Å². The fourth-order valence-corrected chi connectivity index (χ4v) is 1.85. The molecular formula is C9H8F3NO3S. The largest absolute Gasteiger partial charge is 0.423 e. The van der Waals surface area contributed by atoms with Gasteiger partial charge in [-0.2, -0.15) is 13.2 Å². The normalized spacial score (nSPS) is 11.5. The van der Waals surface area contributed by atoms with Gasteiger partial charge < -0.3 is 5.11 Å². The molecule has 0 heterocycles. The molecule has 0 saturated carbocycles. The van der Waals surface area contributed by atoms with Crippen LogP contribution >= 0.6 is 11.8 Å². The number of thioether (sulfide) groups is 1. The van der Waals surface area contributed by atoms with Gasteiger partial charge in [0.15, 0.2) is 0 Å². The third-order valence-corrected chi connectivity index (χ3v) is 2.80. The predicted molar refractivity (Wildman–Crippen MR) is 55.9 cm³/mol. The summed E-state index contributed by atoms with van der Waals surface area (Å²) in [7, 11) is 0. The summed E-state index contributed by atoms with van der Waals surface area (Å²) in [5, 5.41) is 19.0. The van der Waals surface area contributed by atoms with Crippen LogP contribution in [0.5, 0.6) is 0 Å². The molecule has 0 fully saturated rings. The average molecular weight is 267 g/mol. The molecule has 0 bridgehead atoms. The Morgan fingerprint density at radius 1 is 1.41 bits per heavy atom. The first kappa shape index (κ1) is 13.8. The lowest BCUT2D eigenvalue weighted by molar-refractivity contribution is -0.388. The Kier molecular flexibility index (Phi) is 4.35. The lowest BCUT2D eigenvalue weighted by Gasteiger charge is -2.09. The second-order valence-corrected chi connectivity index (χ2v) is 4.17. The van der Waals surface area contributed by atoms with Crippen LogP contribution in [0.1, 0.15) is 5.56 Å². The van der Waals surface area contributed by atoms with Crippen molar-refractivity contribution in [3.63, 3.8) is 0 Å². The first-order valence-corrected chi connectivity index (χ1v) is 5.44. The van der Waals surface area contributed by atoms with Crippen molar-refractivity contribution in [3.05, 3.63) is 33.9 Å². The monoisotopic (exact) mass is 267 g/mol. The Labute approximate surface area is 98.6 Å². The minimum absolute atomic E-state index is 0.178. The molecule has 0 aliphatic heterocycles. The van der Waals surface area contributed by atoms with Gasteiger partial charge in [-0.05, 0) is 12.1 Å². The summed E-state index contributed by atoms with van der Waals surface area (Å²) in [4.78, 5) is 9.62. The summed E-state index contributed by atoms with van der Waals surface area (Å²) in [5.74, 6) is 0.231. The molecule has 0 saturated heterocycles. The molecule has 1 N–H and O–H groups in total. The van der Waals surface area contributed by atoms with E-state index in [0.717, 1.165) is 23.9 Å². The van der Waals surface area contributed by atoms with Crippen LogP contribution in [0.15, 0.2) is 23.1 Å². The maximum Gasteiger partial charge on any atom is 0.423 e. The minimum Gasteiger partial charge on any atom is -0.396 e. The number of nitro benzene ring substituents is 1. The zero-order valence-corrected chi connectivity index (χ0v) is 9.22. The molecule has 0 radical (unpaired) electrons. The number of nitro groups is 1. The molecule has 0 aromatic heterocycles. The zero-order valence-electron chi connectivity index (χ0n) is 8.40. The number of aliphatic hydroxyl groups excluding tert-OH is 1. The summed E-state index contributed by atoms with van der Waals surface area (Å²) in [6.07, 6.45) is -4.77. The highest BCUT2D eigenvalue weighted by atomic mass is 32.2. The SMILES string of the molecule is O=[N+]([O-])c1ccc(SCCO)cc1C(F)(F)F. The molecule has 1 aromatic carbocycles. The number of hydrogen-bond donors (Lipinski definition) is 1. The number of nitrogens with zero attached hydrogens (tertiary/aromatic N) is 1. The van der Waals surface area contributed by atoms with Crippen LogP contribution in [-0.2, 0) is 6.18 Å². The van der Waals surface area contributed by atoms with E-state index >= 15 is 0 Å². The van der Waals surface area contributed by atoms with Crippen molar-refractivity contribution >= 4 is 17.4 Å². The minimum atomic E-state index is -4.77. The second-order valence-electron chi connectivity index (χ2n) is 3.01. The number of halogens is 3. The summed E-state index contributed by atoms with van der Waals surface area (Å²) >= 11 is 0.999. The van der Waals surface area contributed by atoms with E-state index in [4.69, 9.17) is 5.11 Å². The van der Waals surface area contributed by atoms with Gasteiger partial charge in [0.2, 0.25) is 0 Å². The molecule has 0 atom stereocenters. The van der Waals surface area contributed by atoms with Crippen LogP contribution in [0.4, 0.5) is 18.9 Å². The van der Waals surface area contributed by atoms with Gasteiger partial charge in [-0.3, -0.25) is 10.1 Å². The average Bonchev–Trinajstić information content (AvgIpc) is 2.24. The smallest absolute Gasteiger partial charge is 0.396 e. The Hall–Kier alpha value is -1.28. The van der Waals surface area contributed by atoms with E-state index in [-0.39, 0.29) is 17.3 Å². The predicted octanol–water partition coefficient (Wildman–Crippen LogP) is 2.70. The topological polar surface area (TPSA) is 63.4 Å². The van der Waals surface area contributed by atoms with E-state index in [1.165, 1.54) is 6.07 Å². The van der Waals surface area contributed by atoms with Crippen LogP contribution in [0.2, 0.25) is 0 Å². The quantitative estimate of drug-likeness (QED) is 0.517. The Bertz CT molecular complexity index is 422. The number of alkyl halides is 3.